The number of hydrogen-bond acceptors (Lipinski definition) is 2. The molecular weight excluding hydrogens is 278 g/mol. The first-order chi connectivity index (χ1) is 9.36. The van der Waals surface area contributed by atoms with Crippen LogP contribution in [0.4, 0.5) is 0 Å². The summed E-state index contributed by atoms with van der Waals surface area (Å²) >= 11 is 6.00. The van der Waals surface area contributed by atoms with Crippen molar-refractivity contribution in [3.8, 4) is 0 Å². The van der Waals surface area contributed by atoms with Crippen molar-refractivity contribution in [3.05, 3.63) is 40.4 Å². The molecule has 0 heterocycles. The third-order valence-electron chi connectivity index (χ3n) is 3.10. The standard InChI is InChI=1S/C15H18ClNO3/c1-4-13(15(19)20)17(3)14(18)8-7-11-6-5-10(2)12(16)9-11/h5-9,13H,4H2,1-3H3,(H,19,20). The lowest BCUT2D eigenvalue weighted by Crippen LogP contribution is -2.41. The molecular formula is C15H18ClNO3. The highest BCUT2D eigenvalue weighted by atomic mass is 35.5. The molecule has 1 atom stereocenters. The summed E-state index contributed by atoms with van der Waals surface area (Å²) < 4.78 is 0. The fourth-order valence-electron chi connectivity index (χ4n) is 1.77. The molecule has 0 aliphatic carbocycles. The first-order valence-electron chi connectivity index (χ1n) is 6.30. The van der Waals surface area contributed by atoms with E-state index < -0.39 is 12.0 Å². The molecule has 0 fully saturated rings. The zero-order chi connectivity index (χ0) is 15.3. The summed E-state index contributed by atoms with van der Waals surface area (Å²) in [4.78, 5) is 24.1. The Labute approximate surface area is 123 Å². The summed E-state index contributed by atoms with van der Waals surface area (Å²) in [5.74, 6) is -1.36. The van der Waals surface area contributed by atoms with Gasteiger partial charge in [-0.25, -0.2) is 4.79 Å². The number of hydrogen-bond donors (Lipinski definition) is 1. The number of carboxylic acid groups (broad SMARTS) is 1. The van der Waals surface area contributed by atoms with Gasteiger partial charge in [0.2, 0.25) is 5.91 Å². The van der Waals surface area contributed by atoms with Gasteiger partial charge in [0.25, 0.3) is 0 Å². The predicted octanol–water partition coefficient (Wildman–Crippen LogP) is 2.98. The van der Waals surface area contributed by atoms with Crippen molar-refractivity contribution in [3.63, 3.8) is 0 Å². The summed E-state index contributed by atoms with van der Waals surface area (Å²) in [6, 6.07) is 4.66. The second kappa shape index (κ2) is 7.10. The van der Waals surface area contributed by atoms with Gasteiger partial charge >= 0.3 is 5.97 Å². The molecule has 4 nitrogen and oxygen atoms in total. The van der Waals surface area contributed by atoms with Gasteiger partial charge in [-0.15, -0.1) is 0 Å². The van der Waals surface area contributed by atoms with Crippen molar-refractivity contribution in [1.82, 2.24) is 4.90 Å². The third kappa shape index (κ3) is 4.10. The average Bonchev–Trinajstić information content (AvgIpc) is 2.40. The first kappa shape index (κ1) is 16.2. The summed E-state index contributed by atoms with van der Waals surface area (Å²) in [5.41, 5.74) is 1.76. The molecule has 0 spiro atoms. The lowest BCUT2D eigenvalue weighted by molar-refractivity contribution is -0.147. The van der Waals surface area contributed by atoms with E-state index in [1.165, 1.54) is 18.0 Å². The lowest BCUT2D eigenvalue weighted by Gasteiger charge is -2.22. The van der Waals surface area contributed by atoms with Crippen LogP contribution in [0.1, 0.15) is 24.5 Å². The molecule has 0 aromatic heterocycles. The second-order valence-electron chi connectivity index (χ2n) is 4.55. The van der Waals surface area contributed by atoms with Crippen molar-refractivity contribution < 1.29 is 14.7 Å². The number of benzene rings is 1. The van der Waals surface area contributed by atoms with Crippen LogP contribution in [0.25, 0.3) is 6.08 Å². The van der Waals surface area contributed by atoms with E-state index in [2.05, 4.69) is 0 Å². The van der Waals surface area contributed by atoms with Crippen molar-refractivity contribution in [2.75, 3.05) is 7.05 Å². The summed E-state index contributed by atoms with van der Waals surface area (Å²) in [6.07, 6.45) is 3.34. The molecule has 0 saturated carbocycles. The van der Waals surface area contributed by atoms with Gasteiger partial charge in [0, 0.05) is 18.1 Å². The maximum absolute atomic E-state index is 11.9. The molecule has 20 heavy (non-hydrogen) atoms. The Kier molecular flexibility index (Phi) is 5.77. The highest BCUT2D eigenvalue weighted by Crippen LogP contribution is 2.17. The van der Waals surface area contributed by atoms with E-state index in [-0.39, 0.29) is 5.91 Å². The number of carboxylic acids is 1. The number of nitrogens with zero attached hydrogens (tertiary/aromatic N) is 1. The van der Waals surface area contributed by atoms with E-state index in [4.69, 9.17) is 16.7 Å². The van der Waals surface area contributed by atoms with Crippen LogP contribution in [-0.2, 0) is 9.59 Å². The number of aliphatic carboxylic acids is 1. The molecule has 5 heteroatoms. The van der Waals surface area contributed by atoms with Crippen LogP contribution in [0.15, 0.2) is 24.3 Å². The summed E-state index contributed by atoms with van der Waals surface area (Å²) in [5, 5.41) is 9.64. The van der Waals surface area contributed by atoms with Crippen LogP contribution in [0.3, 0.4) is 0 Å². The minimum absolute atomic E-state index is 0.351. The van der Waals surface area contributed by atoms with Crippen molar-refractivity contribution in [2.45, 2.75) is 26.3 Å². The van der Waals surface area contributed by atoms with Gasteiger partial charge in [0.05, 0.1) is 0 Å². The van der Waals surface area contributed by atoms with Crippen molar-refractivity contribution >= 4 is 29.6 Å². The normalized spacial score (nSPS) is 12.4. The Morgan fingerprint density at radius 3 is 2.60 bits per heavy atom. The maximum Gasteiger partial charge on any atom is 0.326 e. The van der Waals surface area contributed by atoms with Crippen LogP contribution in [0.5, 0.6) is 0 Å². The minimum atomic E-state index is -1.00. The van der Waals surface area contributed by atoms with Crippen LogP contribution < -0.4 is 0 Å². The number of aryl methyl sites for hydroxylation is 1. The number of halogens is 1. The van der Waals surface area contributed by atoms with E-state index in [0.717, 1.165) is 11.1 Å². The fourth-order valence-corrected chi connectivity index (χ4v) is 1.95. The number of likely N-dealkylation sites (N-methyl/N-ethyl adjacent to an activating group) is 1. The van der Waals surface area contributed by atoms with Crippen LogP contribution in [0.2, 0.25) is 5.02 Å². The van der Waals surface area contributed by atoms with Crippen LogP contribution in [-0.4, -0.2) is 35.0 Å². The summed E-state index contributed by atoms with van der Waals surface area (Å²) in [6.45, 7) is 3.62. The van der Waals surface area contributed by atoms with Gasteiger partial charge in [-0.3, -0.25) is 4.79 Å². The molecule has 0 radical (unpaired) electrons. The average molecular weight is 296 g/mol. The predicted molar refractivity (Wildman–Crippen MR) is 79.7 cm³/mol. The molecule has 1 N–H and O–H groups in total. The van der Waals surface area contributed by atoms with Gasteiger partial charge in [-0.2, -0.15) is 0 Å². The van der Waals surface area contributed by atoms with Gasteiger partial charge in [0.15, 0.2) is 0 Å². The number of amides is 1. The lowest BCUT2D eigenvalue weighted by atomic mass is 10.1. The van der Waals surface area contributed by atoms with Crippen molar-refractivity contribution in [1.29, 1.82) is 0 Å². The Balaban J connectivity index is 2.81. The summed E-state index contributed by atoms with van der Waals surface area (Å²) in [7, 11) is 1.48. The molecule has 0 saturated heterocycles. The van der Waals surface area contributed by atoms with Crippen molar-refractivity contribution in [2.24, 2.45) is 0 Å². The van der Waals surface area contributed by atoms with E-state index in [1.807, 2.05) is 19.1 Å². The van der Waals surface area contributed by atoms with Gasteiger partial charge < -0.3 is 10.0 Å². The SMILES string of the molecule is CCC(C(=O)O)N(C)C(=O)C=Cc1ccc(C)c(Cl)c1. The fraction of sp³-hybridized carbons (Fsp3) is 0.333. The molecule has 1 rings (SSSR count). The largest absolute Gasteiger partial charge is 0.480 e. The monoisotopic (exact) mass is 295 g/mol. The second-order valence-corrected chi connectivity index (χ2v) is 4.96. The van der Waals surface area contributed by atoms with Gasteiger partial charge in [-0.05, 0) is 36.6 Å². The molecule has 108 valence electrons. The molecule has 0 aliphatic rings. The Bertz CT molecular complexity index is 540. The number of carbonyl (C=O) groups excluding carboxylic acids is 1. The van der Waals surface area contributed by atoms with E-state index in [1.54, 1.807) is 19.1 Å². The zero-order valence-corrected chi connectivity index (χ0v) is 12.5. The van der Waals surface area contributed by atoms with E-state index in [9.17, 15) is 9.59 Å². The van der Waals surface area contributed by atoms with Crippen LogP contribution >= 0.6 is 11.6 Å². The topological polar surface area (TPSA) is 57.6 Å². The zero-order valence-electron chi connectivity index (χ0n) is 11.8. The third-order valence-corrected chi connectivity index (χ3v) is 3.51. The van der Waals surface area contributed by atoms with Gasteiger partial charge in [-0.1, -0.05) is 30.7 Å². The molecule has 0 bridgehead atoms. The quantitative estimate of drug-likeness (QED) is 0.850. The minimum Gasteiger partial charge on any atom is -0.480 e. The highest BCUT2D eigenvalue weighted by Gasteiger charge is 2.22. The Morgan fingerprint density at radius 2 is 2.10 bits per heavy atom. The molecule has 1 aromatic rings. The van der Waals surface area contributed by atoms with Crippen LogP contribution in [0, 0.1) is 6.92 Å². The highest BCUT2D eigenvalue weighted by molar-refractivity contribution is 6.31. The molecule has 1 unspecified atom stereocenters. The smallest absolute Gasteiger partial charge is 0.326 e. The van der Waals surface area contributed by atoms with Gasteiger partial charge in [0.1, 0.15) is 6.04 Å². The molecule has 0 aliphatic heterocycles. The number of rotatable bonds is 5. The first-order valence-corrected chi connectivity index (χ1v) is 6.68. The maximum atomic E-state index is 11.9. The Hall–Kier alpha value is -1.81. The van der Waals surface area contributed by atoms with E-state index in [0.29, 0.717) is 11.4 Å². The molecule has 1 aromatic carbocycles. The number of carbonyl (C=O) groups is 2. The Morgan fingerprint density at radius 1 is 1.45 bits per heavy atom. The van der Waals surface area contributed by atoms with E-state index >= 15 is 0 Å². The molecule has 1 amide bonds.